The summed E-state index contributed by atoms with van der Waals surface area (Å²) < 4.78 is 25.5. The molecule has 0 radical (unpaired) electrons. The summed E-state index contributed by atoms with van der Waals surface area (Å²) in [6.45, 7) is 15.4. The molecule has 4 heterocycles. The van der Waals surface area contributed by atoms with Crippen LogP contribution in [0.1, 0.15) is 103 Å². The van der Waals surface area contributed by atoms with Crippen molar-refractivity contribution in [2.24, 2.45) is 0 Å². The van der Waals surface area contributed by atoms with E-state index in [-0.39, 0.29) is 37.8 Å². The minimum absolute atomic E-state index is 0.172. The fourth-order valence-corrected chi connectivity index (χ4v) is 8.90. The van der Waals surface area contributed by atoms with Crippen LogP contribution in [-0.4, -0.2) is 59.1 Å². The highest BCUT2D eigenvalue weighted by atomic mass is 32.2. The maximum absolute atomic E-state index is 13.6. The van der Waals surface area contributed by atoms with Crippen LogP contribution in [-0.2, 0) is 30.5 Å². The second kappa shape index (κ2) is 16.8. The molecule has 0 atom stereocenters. The number of carbonyl (C=O) groups is 4. The van der Waals surface area contributed by atoms with Gasteiger partial charge in [0.1, 0.15) is 11.4 Å². The molecule has 0 aliphatic carbocycles. The number of esters is 4. The SMILES string of the molecule is CCOC(=O)c1c(SCc2ccccc2CSc2c(C(=O)OCC)c3c(C)cc(C)cn3c2C(=O)OCC)c(C(=O)OCC)n2cc(C)cc(C)c12. The van der Waals surface area contributed by atoms with Gasteiger partial charge in [0.2, 0.25) is 0 Å². The van der Waals surface area contributed by atoms with Crippen LogP contribution in [0.15, 0.2) is 58.6 Å². The molecular formula is C40H44N2O8S2. The van der Waals surface area contributed by atoms with E-state index in [0.29, 0.717) is 43.5 Å². The lowest BCUT2D eigenvalue weighted by Gasteiger charge is -2.12. The number of fused-ring (bicyclic) bond motifs is 2. The summed E-state index contributed by atoms with van der Waals surface area (Å²) in [4.78, 5) is 55.1. The van der Waals surface area contributed by atoms with Crippen LogP contribution in [0.25, 0.3) is 11.0 Å². The number of benzene rings is 1. The number of rotatable bonds is 14. The molecule has 12 heteroatoms. The largest absolute Gasteiger partial charge is 0.462 e. The number of aryl methyl sites for hydroxylation is 4. The number of nitrogens with zero attached hydrogens (tertiary/aromatic N) is 2. The highest BCUT2D eigenvalue weighted by molar-refractivity contribution is 7.99. The number of hydrogen-bond donors (Lipinski definition) is 0. The predicted molar refractivity (Wildman–Crippen MR) is 203 cm³/mol. The first-order valence-corrected chi connectivity index (χ1v) is 19.3. The van der Waals surface area contributed by atoms with Crippen LogP contribution in [0.4, 0.5) is 0 Å². The normalized spacial score (nSPS) is 11.2. The minimum Gasteiger partial charge on any atom is -0.462 e. The van der Waals surface area contributed by atoms with Crippen LogP contribution in [0, 0.1) is 27.7 Å². The Bertz CT molecular complexity index is 2030. The molecule has 1 aromatic carbocycles. The summed E-state index contributed by atoms with van der Waals surface area (Å²) in [6, 6.07) is 11.8. The van der Waals surface area contributed by atoms with Gasteiger partial charge < -0.3 is 27.7 Å². The van der Waals surface area contributed by atoms with Crippen LogP contribution in [0.3, 0.4) is 0 Å². The average Bonchev–Trinajstić information content (AvgIpc) is 3.60. The third-order valence-electron chi connectivity index (χ3n) is 8.38. The quantitative estimate of drug-likeness (QED) is 0.0622. The second-order valence-corrected chi connectivity index (χ2v) is 14.1. The summed E-state index contributed by atoms with van der Waals surface area (Å²) in [7, 11) is 0. The molecule has 0 amide bonds. The third-order valence-corrected chi connectivity index (χ3v) is 10.7. The van der Waals surface area contributed by atoms with Gasteiger partial charge in [-0.2, -0.15) is 0 Å². The number of carbonyl (C=O) groups excluding carboxylic acids is 4. The van der Waals surface area contributed by atoms with Crippen molar-refractivity contribution in [1.82, 2.24) is 8.80 Å². The van der Waals surface area contributed by atoms with E-state index in [9.17, 15) is 19.2 Å². The van der Waals surface area contributed by atoms with Gasteiger partial charge in [-0.1, -0.05) is 36.4 Å². The van der Waals surface area contributed by atoms with Gasteiger partial charge in [0, 0.05) is 23.9 Å². The molecule has 0 bridgehead atoms. The molecule has 0 saturated carbocycles. The first kappa shape index (κ1) is 38.5. The zero-order valence-electron chi connectivity index (χ0n) is 30.8. The van der Waals surface area contributed by atoms with E-state index < -0.39 is 23.9 Å². The fourth-order valence-electron chi connectivity index (χ4n) is 6.46. The lowest BCUT2D eigenvalue weighted by molar-refractivity contribution is 0.0498. The Balaban J connectivity index is 1.59. The average molecular weight is 745 g/mol. The number of aromatic nitrogens is 2. The van der Waals surface area contributed by atoms with Crippen LogP contribution >= 0.6 is 23.5 Å². The molecule has 274 valence electrons. The number of pyridine rings is 2. The Hall–Kier alpha value is -4.68. The summed E-state index contributed by atoms with van der Waals surface area (Å²) in [5, 5.41) is 0. The van der Waals surface area contributed by atoms with Crippen molar-refractivity contribution in [2.45, 2.75) is 76.7 Å². The molecular weight excluding hydrogens is 701 g/mol. The van der Waals surface area contributed by atoms with Gasteiger partial charge >= 0.3 is 23.9 Å². The van der Waals surface area contributed by atoms with Crippen LogP contribution in [0.5, 0.6) is 0 Å². The van der Waals surface area contributed by atoms with E-state index in [4.69, 9.17) is 18.9 Å². The van der Waals surface area contributed by atoms with Gasteiger partial charge in [0.05, 0.1) is 58.4 Å². The number of ether oxygens (including phenoxy) is 4. The van der Waals surface area contributed by atoms with Crippen molar-refractivity contribution in [2.75, 3.05) is 26.4 Å². The van der Waals surface area contributed by atoms with Crippen molar-refractivity contribution >= 4 is 58.4 Å². The molecule has 0 aliphatic heterocycles. The van der Waals surface area contributed by atoms with Gasteiger partial charge in [0.25, 0.3) is 0 Å². The molecule has 0 N–H and O–H groups in total. The van der Waals surface area contributed by atoms with Crippen molar-refractivity contribution < 1.29 is 38.1 Å². The monoisotopic (exact) mass is 744 g/mol. The minimum atomic E-state index is -0.534. The van der Waals surface area contributed by atoms with E-state index in [1.807, 2.05) is 76.5 Å². The second-order valence-electron chi connectivity index (χ2n) is 12.2. The lowest BCUT2D eigenvalue weighted by atomic mass is 10.1. The third kappa shape index (κ3) is 7.59. The van der Waals surface area contributed by atoms with Gasteiger partial charge in [-0.15, -0.1) is 23.5 Å². The van der Waals surface area contributed by atoms with E-state index in [1.165, 1.54) is 23.5 Å². The molecule has 0 saturated heterocycles. The van der Waals surface area contributed by atoms with Crippen molar-refractivity contribution in [3.05, 3.63) is 105 Å². The van der Waals surface area contributed by atoms with E-state index in [0.717, 1.165) is 33.4 Å². The molecule has 5 rings (SSSR count). The standard InChI is InChI=1S/C40H44N2O8S2/c1-9-47-37(43)29-31-25(7)17-23(5)19-41(31)33(39(45)49-11-3)35(29)51-21-27-15-13-14-16-28(27)22-52-36-30(38(44)48-10-2)32-26(8)18-24(6)20-42(32)34(36)40(46)50-12-4/h13-20H,9-12,21-22H2,1-8H3. The van der Waals surface area contributed by atoms with Gasteiger partial charge in [-0.05, 0) is 88.8 Å². The summed E-state index contributed by atoms with van der Waals surface area (Å²) in [5.74, 6) is -1.30. The van der Waals surface area contributed by atoms with Crippen LogP contribution < -0.4 is 0 Å². The molecule has 10 nitrogen and oxygen atoms in total. The first-order valence-electron chi connectivity index (χ1n) is 17.3. The molecule has 52 heavy (non-hydrogen) atoms. The van der Waals surface area contributed by atoms with Gasteiger partial charge in [-0.25, -0.2) is 19.2 Å². The maximum atomic E-state index is 13.6. The number of thioether (sulfide) groups is 2. The Labute approximate surface area is 312 Å². The van der Waals surface area contributed by atoms with Gasteiger partial charge in [-0.3, -0.25) is 0 Å². The molecule has 4 aromatic heterocycles. The Morgan fingerprint density at radius 3 is 1.25 bits per heavy atom. The van der Waals surface area contributed by atoms with Crippen molar-refractivity contribution in [1.29, 1.82) is 0 Å². The molecule has 0 spiro atoms. The zero-order valence-corrected chi connectivity index (χ0v) is 32.5. The molecule has 0 unspecified atom stereocenters. The topological polar surface area (TPSA) is 114 Å². The lowest BCUT2D eigenvalue weighted by Crippen LogP contribution is -2.10. The zero-order chi connectivity index (χ0) is 37.7. The first-order chi connectivity index (χ1) is 25.0. The van der Waals surface area contributed by atoms with Crippen molar-refractivity contribution in [3.8, 4) is 0 Å². The highest BCUT2D eigenvalue weighted by Crippen LogP contribution is 2.40. The van der Waals surface area contributed by atoms with E-state index >= 15 is 0 Å². The predicted octanol–water partition coefficient (Wildman–Crippen LogP) is 8.72. The van der Waals surface area contributed by atoms with E-state index in [1.54, 1.807) is 36.5 Å². The number of hydrogen-bond acceptors (Lipinski definition) is 10. The smallest absolute Gasteiger partial charge is 0.356 e. The van der Waals surface area contributed by atoms with Gasteiger partial charge in [0.15, 0.2) is 0 Å². The maximum Gasteiger partial charge on any atom is 0.356 e. The summed E-state index contributed by atoms with van der Waals surface area (Å²) in [6.07, 6.45) is 3.67. The Morgan fingerprint density at radius 1 is 0.558 bits per heavy atom. The molecule has 0 aliphatic rings. The molecule has 5 aromatic rings. The Kier molecular flexibility index (Phi) is 12.4. The van der Waals surface area contributed by atoms with Crippen molar-refractivity contribution in [3.63, 3.8) is 0 Å². The van der Waals surface area contributed by atoms with E-state index in [2.05, 4.69) is 0 Å². The molecule has 0 fully saturated rings. The summed E-state index contributed by atoms with van der Waals surface area (Å²) >= 11 is 2.73. The van der Waals surface area contributed by atoms with Crippen LogP contribution in [0.2, 0.25) is 0 Å². The summed E-state index contributed by atoms with van der Waals surface area (Å²) in [5.41, 5.74) is 7.78. The fraction of sp³-hybridized carbons (Fsp3) is 0.350. The Morgan fingerprint density at radius 2 is 0.904 bits per heavy atom. The highest BCUT2D eigenvalue weighted by Gasteiger charge is 2.32.